The van der Waals surface area contributed by atoms with Gasteiger partial charge in [-0.3, -0.25) is 0 Å². The van der Waals surface area contributed by atoms with Gasteiger partial charge in [0.1, 0.15) is 0 Å². The molecular formula is C18H19NOS2. The van der Waals surface area contributed by atoms with E-state index in [9.17, 15) is 0 Å². The number of benzene rings is 2. The first-order chi connectivity index (χ1) is 10.9. The molecule has 0 bridgehead atoms. The molecule has 4 heteroatoms. The fourth-order valence-electron chi connectivity index (χ4n) is 2.60. The molecule has 0 spiro atoms. The van der Waals surface area contributed by atoms with Crippen molar-refractivity contribution in [2.24, 2.45) is 0 Å². The second-order valence-corrected chi connectivity index (χ2v) is 6.64. The largest absolute Gasteiger partial charge is 0.374 e. The number of morpholine rings is 1. The van der Waals surface area contributed by atoms with Crippen LogP contribution in [0.2, 0.25) is 0 Å². The summed E-state index contributed by atoms with van der Waals surface area (Å²) in [5.41, 5.74) is 2.40. The molecule has 22 heavy (non-hydrogen) atoms. The van der Waals surface area contributed by atoms with Crippen molar-refractivity contribution in [3.05, 3.63) is 65.7 Å². The van der Waals surface area contributed by atoms with Crippen LogP contribution in [0.25, 0.3) is 0 Å². The van der Waals surface area contributed by atoms with Gasteiger partial charge in [0, 0.05) is 23.4 Å². The number of thiocarbonyl (C=S) groups is 1. The number of hydrogen-bond donors (Lipinski definition) is 1. The highest BCUT2D eigenvalue weighted by atomic mass is 32.2. The van der Waals surface area contributed by atoms with E-state index in [1.807, 2.05) is 17.8 Å². The van der Waals surface area contributed by atoms with E-state index in [-0.39, 0.29) is 11.4 Å². The Kier molecular flexibility index (Phi) is 5.62. The van der Waals surface area contributed by atoms with Gasteiger partial charge in [0.15, 0.2) is 0 Å². The highest BCUT2D eigenvalue weighted by molar-refractivity contribution is 7.99. The first-order valence-corrected chi connectivity index (χ1v) is 8.82. The maximum Gasteiger partial charge on any atom is 0.0862 e. The summed E-state index contributed by atoms with van der Waals surface area (Å²) in [6, 6.07) is 18.9. The Bertz CT molecular complexity index is 611. The van der Waals surface area contributed by atoms with Crippen LogP contribution >= 0.6 is 24.0 Å². The predicted octanol–water partition coefficient (Wildman–Crippen LogP) is 3.86. The lowest BCUT2D eigenvalue weighted by atomic mass is 10.1. The van der Waals surface area contributed by atoms with Crippen molar-refractivity contribution in [3.8, 4) is 0 Å². The topological polar surface area (TPSA) is 21.3 Å². The molecule has 1 fully saturated rings. The summed E-state index contributed by atoms with van der Waals surface area (Å²) >= 11 is 6.99. The van der Waals surface area contributed by atoms with E-state index in [2.05, 4.69) is 53.8 Å². The van der Waals surface area contributed by atoms with Crippen molar-refractivity contribution in [1.82, 2.24) is 5.32 Å². The summed E-state index contributed by atoms with van der Waals surface area (Å²) in [5.74, 6) is 0. The average Bonchev–Trinajstić information content (AvgIpc) is 2.61. The number of thioether (sulfide) groups is 1. The maximum absolute atomic E-state index is 6.02. The summed E-state index contributed by atoms with van der Waals surface area (Å²) < 4.78 is 6.02. The van der Waals surface area contributed by atoms with Gasteiger partial charge in [-0.05, 0) is 17.2 Å². The van der Waals surface area contributed by atoms with E-state index >= 15 is 0 Å². The van der Waals surface area contributed by atoms with Gasteiger partial charge in [0.2, 0.25) is 0 Å². The number of ether oxygens (including phenoxy) is 1. The molecule has 2 nitrogen and oxygen atoms in total. The number of hydrogen-bond acceptors (Lipinski definition) is 4. The zero-order valence-electron chi connectivity index (χ0n) is 12.3. The number of nitrogens with one attached hydrogen (secondary N) is 1. The Morgan fingerprint density at radius 1 is 1.14 bits per heavy atom. The summed E-state index contributed by atoms with van der Waals surface area (Å²) in [5, 5.41) is 5.44. The van der Waals surface area contributed by atoms with Crippen LogP contribution in [-0.2, 0) is 4.74 Å². The lowest BCUT2D eigenvalue weighted by Crippen LogP contribution is -2.41. The van der Waals surface area contributed by atoms with Crippen molar-refractivity contribution in [2.75, 3.05) is 19.7 Å². The van der Waals surface area contributed by atoms with Crippen molar-refractivity contribution >= 4 is 29.3 Å². The molecule has 1 heterocycles. The summed E-state index contributed by atoms with van der Waals surface area (Å²) in [6.45, 7) is 2.58. The quantitative estimate of drug-likeness (QED) is 0.664. The van der Waals surface area contributed by atoms with Crippen LogP contribution in [0.5, 0.6) is 0 Å². The molecule has 114 valence electrons. The second-order valence-electron chi connectivity index (χ2n) is 5.22. The summed E-state index contributed by atoms with van der Waals surface area (Å²) in [6.07, 6.45) is 0.166. The summed E-state index contributed by atoms with van der Waals surface area (Å²) in [7, 11) is 0. The standard InChI is InChI=1S/C18H19NOS2/c21-13-15-8-4-5-9-17(15)22-18(14-6-2-1-3-7-14)16-12-19-10-11-20-16/h1-9,13,16,18-19H,10-12H2/t16-,18-/m0/s1. The van der Waals surface area contributed by atoms with Crippen molar-refractivity contribution in [3.63, 3.8) is 0 Å². The Morgan fingerprint density at radius 2 is 1.91 bits per heavy atom. The first kappa shape index (κ1) is 15.7. The van der Waals surface area contributed by atoms with Crippen LogP contribution in [-0.4, -0.2) is 31.2 Å². The van der Waals surface area contributed by atoms with Gasteiger partial charge in [-0.15, -0.1) is 11.8 Å². The molecule has 0 saturated carbocycles. The molecule has 0 aromatic heterocycles. The zero-order valence-corrected chi connectivity index (χ0v) is 13.9. The summed E-state index contributed by atoms with van der Waals surface area (Å²) in [4.78, 5) is 1.21. The van der Waals surface area contributed by atoms with Gasteiger partial charge < -0.3 is 10.1 Å². The van der Waals surface area contributed by atoms with Gasteiger partial charge in [-0.2, -0.15) is 0 Å². The molecule has 2 aromatic carbocycles. The Balaban J connectivity index is 1.89. The smallest absolute Gasteiger partial charge is 0.0862 e. The minimum atomic E-state index is 0.166. The van der Waals surface area contributed by atoms with E-state index in [1.165, 1.54) is 10.5 Å². The highest BCUT2D eigenvalue weighted by Crippen LogP contribution is 2.40. The molecular weight excluding hydrogens is 310 g/mol. The van der Waals surface area contributed by atoms with Gasteiger partial charge in [0.05, 0.1) is 18.0 Å². The molecule has 0 radical (unpaired) electrons. The van der Waals surface area contributed by atoms with Crippen molar-refractivity contribution in [2.45, 2.75) is 16.2 Å². The Morgan fingerprint density at radius 3 is 2.64 bits per heavy atom. The SMILES string of the molecule is S=Cc1ccccc1S[C@@H](c1ccccc1)[C@@H]1CNCCO1. The van der Waals surface area contributed by atoms with Gasteiger partial charge in [-0.1, -0.05) is 60.7 Å². The minimum Gasteiger partial charge on any atom is -0.374 e. The van der Waals surface area contributed by atoms with Gasteiger partial charge in [0.25, 0.3) is 0 Å². The third-order valence-electron chi connectivity index (χ3n) is 3.72. The van der Waals surface area contributed by atoms with E-state index in [1.54, 1.807) is 5.37 Å². The Labute approximate surface area is 141 Å². The molecule has 3 rings (SSSR count). The lowest BCUT2D eigenvalue weighted by molar-refractivity contribution is 0.0273. The van der Waals surface area contributed by atoms with Crippen LogP contribution in [0.3, 0.4) is 0 Å². The number of rotatable bonds is 5. The van der Waals surface area contributed by atoms with Crippen molar-refractivity contribution in [1.29, 1.82) is 0 Å². The van der Waals surface area contributed by atoms with Crippen LogP contribution < -0.4 is 5.32 Å². The molecule has 0 unspecified atom stereocenters. The molecule has 2 aromatic rings. The van der Waals surface area contributed by atoms with Gasteiger partial charge in [-0.25, -0.2) is 0 Å². The monoisotopic (exact) mass is 329 g/mol. The van der Waals surface area contributed by atoms with Crippen molar-refractivity contribution < 1.29 is 4.74 Å². The van der Waals surface area contributed by atoms with Crippen LogP contribution in [0.4, 0.5) is 0 Å². The zero-order chi connectivity index (χ0) is 15.2. The van der Waals surface area contributed by atoms with E-state index in [4.69, 9.17) is 17.0 Å². The fourth-order valence-corrected chi connectivity index (χ4v) is 4.20. The van der Waals surface area contributed by atoms with Gasteiger partial charge >= 0.3 is 0 Å². The lowest BCUT2D eigenvalue weighted by Gasteiger charge is -2.31. The molecule has 1 aliphatic rings. The second kappa shape index (κ2) is 7.88. The average molecular weight is 329 g/mol. The van der Waals surface area contributed by atoms with E-state index in [0.717, 1.165) is 25.3 Å². The highest BCUT2D eigenvalue weighted by Gasteiger charge is 2.27. The molecule has 2 atom stereocenters. The normalized spacial score (nSPS) is 19.5. The Hall–Kier alpha value is -1.20. The van der Waals surface area contributed by atoms with Crippen LogP contribution in [0.1, 0.15) is 16.4 Å². The van der Waals surface area contributed by atoms with Crippen LogP contribution in [0, 0.1) is 0 Å². The maximum atomic E-state index is 6.02. The molecule has 1 aliphatic heterocycles. The third-order valence-corrected chi connectivity index (χ3v) is 5.43. The molecule has 0 amide bonds. The molecule has 1 saturated heterocycles. The molecule has 0 aliphatic carbocycles. The first-order valence-electron chi connectivity index (χ1n) is 7.46. The molecule has 1 N–H and O–H groups in total. The predicted molar refractivity (Wildman–Crippen MR) is 96.8 cm³/mol. The van der Waals surface area contributed by atoms with E-state index < -0.39 is 0 Å². The van der Waals surface area contributed by atoms with Crippen LogP contribution in [0.15, 0.2) is 59.5 Å². The fraction of sp³-hybridized carbons (Fsp3) is 0.278. The third kappa shape index (κ3) is 3.76. The van der Waals surface area contributed by atoms with E-state index in [0.29, 0.717) is 0 Å². The minimum absolute atomic E-state index is 0.166.